The summed E-state index contributed by atoms with van der Waals surface area (Å²) in [4.78, 5) is 11.9. The van der Waals surface area contributed by atoms with Crippen molar-refractivity contribution in [1.82, 2.24) is 0 Å². The number of benzene rings is 3. The van der Waals surface area contributed by atoms with Gasteiger partial charge >= 0.3 is 0 Å². The summed E-state index contributed by atoms with van der Waals surface area (Å²) >= 11 is 6.12. The number of amides is 1. The second-order valence-corrected chi connectivity index (χ2v) is 6.08. The lowest BCUT2D eigenvalue weighted by atomic mass is 10.2. The highest BCUT2D eigenvalue weighted by molar-refractivity contribution is 6.31. The van der Waals surface area contributed by atoms with E-state index in [-0.39, 0.29) is 12.5 Å². The van der Waals surface area contributed by atoms with Crippen molar-refractivity contribution in [3.63, 3.8) is 0 Å². The van der Waals surface area contributed by atoms with Gasteiger partial charge in [-0.2, -0.15) is 0 Å². The van der Waals surface area contributed by atoms with Gasteiger partial charge in [0.05, 0.1) is 6.54 Å². The van der Waals surface area contributed by atoms with Crippen molar-refractivity contribution in [2.75, 3.05) is 17.2 Å². The molecule has 0 saturated heterocycles. The van der Waals surface area contributed by atoms with Gasteiger partial charge in [-0.3, -0.25) is 4.79 Å². The van der Waals surface area contributed by atoms with Gasteiger partial charge in [0, 0.05) is 22.0 Å². The van der Waals surface area contributed by atoms with Gasteiger partial charge in [0.15, 0.2) is 0 Å². The fourth-order valence-electron chi connectivity index (χ4n) is 2.35. The average Bonchev–Trinajstić information content (AvgIpc) is 2.67. The highest BCUT2D eigenvalue weighted by Crippen LogP contribution is 2.20. The number of ether oxygens (including phenoxy) is 1. The number of rotatable bonds is 7. The maximum Gasteiger partial charge on any atom is 0.243 e. The van der Waals surface area contributed by atoms with Crippen molar-refractivity contribution in [3.05, 3.63) is 89.4 Å². The van der Waals surface area contributed by atoms with Crippen LogP contribution in [0.1, 0.15) is 5.56 Å². The first kappa shape index (κ1) is 17.8. The predicted molar refractivity (Wildman–Crippen MR) is 106 cm³/mol. The monoisotopic (exact) mass is 366 g/mol. The number of nitrogens with one attached hydrogen (secondary N) is 2. The Balaban J connectivity index is 1.47. The van der Waals surface area contributed by atoms with E-state index in [1.165, 1.54) is 0 Å². The summed E-state index contributed by atoms with van der Waals surface area (Å²) in [6.07, 6.45) is 0. The van der Waals surface area contributed by atoms with Crippen LogP contribution < -0.4 is 15.4 Å². The molecule has 132 valence electrons. The molecule has 0 bridgehead atoms. The van der Waals surface area contributed by atoms with Crippen molar-refractivity contribution in [2.45, 2.75) is 6.61 Å². The zero-order chi connectivity index (χ0) is 18.2. The molecule has 0 aliphatic carbocycles. The smallest absolute Gasteiger partial charge is 0.243 e. The molecule has 2 N–H and O–H groups in total. The molecule has 0 saturated carbocycles. The lowest BCUT2D eigenvalue weighted by Gasteiger charge is -2.10. The Hall–Kier alpha value is -2.98. The molecule has 0 aliphatic heterocycles. The van der Waals surface area contributed by atoms with Crippen LogP contribution in [0.15, 0.2) is 78.9 Å². The highest BCUT2D eigenvalue weighted by Gasteiger charge is 2.03. The van der Waals surface area contributed by atoms with Crippen LogP contribution in [0.5, 0.6) is 5.75 Å². The fraction of sp³-hybridized carbons (Fsp3) is 0.0952. The van der Waals surface area contributed by atoms with E-state index in [0.717, 1.165) is 22.7 Å². The van der Waals surface area contributed by atoms with E-state index < -0.39 is 0 Å². The van der Waals surface area contributed by atoms with E-state index >= 15 is 0 Å². The van der Waals surface area contributed by atoms with Crippen molar-refractivity contribution in [2.24, 2.45) is 0 Å². The van der Waals surface area contributed by atoms with E-state index in [9.17, 15) is 4.79 Å². The fourth-order valence-corrected chi connectivity index (χ4v) is 2.54. The second-order valence-electron chi connectivity index (χ2n) is 5.67. The zero-order valence-electron chi connectivity index (χ0n) is 14.1. The first-order valence-electron chi connectivity index (χ1n) is 8.26. The SMILES string of the molecule is O=C(CNc1ccc(OCc2ccccc2Cl)cc1)Nc1ccccc1. The van der Waals surface area contributed by atoms with Crippen molar-refractivity contribution in [1.29, 1.82) is 0 Å². The summed E-state index contributed by atoms with van der Waals surface area (Å²) in [7, 11) is 0. The van der Waals surface area contributed by atoms with E-state index in [0.29, 0.717) is 11.6 Å². The molecule has 0 atom stereocenters. The Labute approximate surface area is 157 Å². The van der Waals surface area contributed by atoms with E-state index in [4.69, 9.17) is 16.3 Å². The molecular weight excluding hydrogens is 348 g/mol. The van der Waals surface area contributed by atoms with Gasteiger partial charge in [-0.05, 0) is 42.5 Å². The van der Waals surface area contributed by atoms with Gasteiger partial charge in [0.1, 0.15) is 12.4 Å². The summed E-state index contributed by atoms with van der Waals surface area (Å²) in [5, 5.41) is 6.60. The van der Waals surface area contributed by atoms with Crippen LogP contribution in [0.2, 0.25) is 5.02 Å². The van der Waals surface area contributed by atoms with Crippen LogP contribution >= 0.6 is 11.6 Å². The summed E-state index contributed by atoms with van der Waals surface area (Å²) in [5.41, 5.74) is 2.56. The number of carbonyl (C=O) groups excluding carboxylic acids is 1. The standard InChI is InChI=1S/C21H19ClN2O2/c22-20-9-5-4-6-16(20)15-26-19-12-10-17(11-13-19)23-14-21(25)24-18-7-2-1-3-8-18/h1-13,23H,14-15H2,(H,24,25). The first-order chi connectivity index (χ1) is 12.7. The molecular formula is C21H19ClN2O2. The van der Waals surface area contributed by atoms with Gasteiger partial charge in [-0.15, -0.1) is 0 Å². The topological polar surface area (TPSA) is 50.4 Å². The Morgan fingerprint density at radius 2 is 1.54 bits per heavy atom. The molecule has 3 aromatic carbocycles. The van der Waals surface area contributed by atoms with Crippen molar-refractivity contribution < 1.29 is 9.53 Å². The third-order valence-corrected chi connectivity index (χ3v) is 4.09. The molecule has 1 amide bonds. The lowest BCUT2D eigenvalue weighted by molar-refractivity contribution is -0.114. The minimum atomic E-state index is -0.102. The van der Waals surface area contributed by atoms with Crippen LogP contribution in [0, 0.1) is 0 Å². The summed E-state index contributed by atoms with van der Waals surface area (Å²) in [5.74, 6) is 0.638. The van der Waals surface area contributed by atoms with Crippen molar-refractivity contribution >= 4 is 28.9 Å². The summed E-state index contributed by atoms with van der Waals surface area (Å²) < 4.78 is 5.74. The highest BCUT2D eigenvalue weighted by atomic mass is 35.5. The van der Waals surface area contributed by atoms with Crippen LogP contribution in [0.4, 0.5) is 11.4 Å². The summed E-state index contributed by atoms with van der Waals surface area (Å²) in [6.45, 7) is 0.598. The summed E-state index contributed by atoms with van der Waals surface area (Å²) in [6, 6.07) is 24.4. The van der Waals surface area contributed by atoms with Crippen LogP contribution in [0.3, 0.4) is 0 Å². The van der Waals surface area contributed by atoms with Gasteiger partial charge < -0.3 is 15.4 Å². The maximum absolute atomic E-state index is 11.9. The second kappa shape index (κ2) is 8.92. The molecule has 0 fully saturated rings. The van der Waals surface area contributed by atoms with E-state index in [2.05, 4.69) is 10.6 Å². The Morgan fingerprint density at radius 1 is 0.846 bits per heavy atom. The predicted octanol–water partition coefficient (Wildman–Crippen LogP) is 4.97. The van der Waals surface area contributed by atoms with Gasteiger partial charge in [0.25, 0.3) is 0 Å². The molecule has 4 nitrogen and oxygen atoms in total. The Kier molecular flexibility index (Phi) is 6.12. The van der Waals surface area contributed by atoms with Crippen LogP contribution in [0.25, 0.3) is 0 Å². The molecule has 0 aliphatic rings. The molecule has 0 radical (unpaired) electrons. The number of carbonyl (C=O) groups is 1. The maximum atomic E-state index is 11.9. The van der Waals surface area contributed by atoms with Gasteiger partial charge in [0.2, 0.25) is 5.91 Å². The average molecular weight is 367 g/mol. The molecule has 3 rings (SSSR count). The molecule has 0 heterocycles. The van der Waals surface area contributed by atoms with E-state index in [1.54, 1.807) is 0 Å². The number of para-hydroxylation sites is 1. The normalized spacial score (nSPS) is 10.2. The van der Waals surface area contributed by atoms with Crippen molar-refractivity contribution in [3.8, 4) is 5.75 Å². The quantitative estimate of drug-likeness (QED) is 0.620. The van der Waals surface area contributed by atoms with Crippen LogP contribution in [-0.2, 0) is 11.4 Å². The zero-order valence-corrected chi connectivity index (χ0v) is 14.9. The third kappa shape index (κ3) is 5.26. The molecule has 5 heteroatoms. The van der Waals surface area contributed by atoms with E-state index in [1.807, 2.05) is 78.9 Å². The minimum Gasteiger partial charge on any atom is -0.489 e. The number of anilines is 2. The number of hydrogen-bond acceptors (Lipinski definition) is 3. The Morgan fingerprint density at radius 3 is 2.27 bits per heavy atom. The van der Waals surface area contributed by atoms with Gasteiger partial charge in [-0.1, -0.05) is 48.0 Å². The lowest BCUT2D eigenvalue weighted by Crippen LogP contribution is -2.21. The minimum absolute atomic E-state index is 0.102. The number of hydrogen-bond donors (Lipinski definition) is 2. The Bertz CT molecular complexity index is 851. The molecule has 26 heavy (non-hydrogen) atoms. The first-order valence-corrected chi connectivity index (χ1v) is 8.63. The van der Waals surface area contributed by atoms with Gasteiger partial charge in [-0.25, -0.2) is 0 Å². The number of halogens is 1. The molecule has 0 aromatic heterocycles. The third-order valence-electron chi connectivity index (χ3n) is 3.72. The largest absolute Gasteiger partial charge is 0.489 e. The van der Waals surface area contributed by atoms with Crippen LogP contribution in [-0.4, -0.2) is 12.5 Å². The molecule has 3 aromatic rings. The molecule has 0 unspecified atom stereocenters. The molecule has 0 spiro atoms.